The van der Waals surface area contributed by atoms with E-state index in [1.807, 2.05) is 17.0 Å². The molecule has 0 spiro atoms. The van der Waals surface area contributed by atoms with Crippen molar-refractivity contribution >= 4 is 0 Å². The highest BCUT2D eigenvalue weighted by Gasteiger charge is 2.32. The van der Waals surface area contributed by atoms with Crippen LogP contribution in [0.4, 0.5) is 0 Å². The molecule has 0 aromatic heterocycles. The number of benzene rings is 1. The van der Waals surface area contributed by atoms with E-state index in [0.717, 1.165) is 30.0 Å². The summed E-state index contributed by atoms with van der Waals surface area (Å²) >= 11 is 0. The molecule has 0 unspecified atom stereocenters. The van der Waals surface area contributed by atoms with E-state index in [0.29, 0.717) is 0 Å². The SMILES string of the molecule is COc1ccc(OC)c(C[NH+]2CC[NH+](C3CCC(C)CC3)CC2)c1. The van der Waals surface area contributed by atoms with Crippen molar-refractivity contribution in [3.05, 3.63) is 23.8 Å². The van der Waals surface area contributed by atoms with Crippen LogP contribution >= 0.6 is 0 Å². The number of nitrogens with one attached hydrogen (secondary N) is 2. The Bertz CT molecular complexity index is 518. The molecule has 1 saturated carbocycles. The molecular weight excluding hydrogens is 300 g/mol. The predicted molar refractivity (Wildman–Crippen MR) is 96.1 cm³/mol. The fourth-order valence-corrected chi connectivity index (χ4v) is 4.47. The number of methoxy groups -OCH3 is 2. The largest absolute Gasteiger partial charge is 0.497 e. The van der Waals surface area contributed by atoms with Crippen LogP contribution in [0, 0.1) is 5.92 Å². The summed E-state index contributed by atoms with van der Waals surface area (Å²) in [4.78, 5) is 3.54. The Kier molecular flexibility index (Phi) is 6.01. The quantitative estimate of drug-likeness (QED) is 0.824. The molecular formula is C20H34N2O2+2. The monoisotopic (exact) mass is 334 g/mol. The standard InChI is InChI=1S/C20H32N2O2/c1-16-4-6-18(7-5-16)22-12-10-21(11-13-22)15-17-14-19(23-2)8-9-20(17)24-3/h8-9,14,16,18H,4-7,10-13,15H2,1-3H3/p+2. The third-order valence-corrected chi connectivity index (χ3v) is 6.12. The fourth-order valence-electron chi connectivity index (χ4n) is 4.47. The van der Waals surface area contributed by atoms with Gasteiger partial charge >= 0.3 is 0 Å². The van der Waals surface area contributed by atoms with Crippen molar-refractivity contribution in [2.45, 2.75) is 45.2 Å². The molecule has 24 heavy (non-hydrogen) atoms. The van der Waals surface area contributed by atoms with E-state index in [-0.39, 0.29) is 0 Å². The van der Waals surface area contributed by atoms with Gasteiger partial charge in [-0.15, -0.1) is 0 Å². The zero-order valence-corrected chi connectivity index (χ0v) is 15.6. The molecule has 4 heteroatoms. The molecule has 2 fully saturated rings. The Labute approximate surface area is 146 Å². The van der Waals surface area contributed by atoms with Gasteiger partial charge in [-0.1, -0.05) is 6.92 Å². The molecule has 4 nitrogen and oxygen atoms in total. The first-order valence-corrected chi connectivity index (χ1v) is 9.58. The Morgan fingerprint density at radius 1 is 0.958 bits per heavy atom. The van der Waals surface area contributed by atoms with Gasteiger partial charge in [-0.25, -0.2) is 0 Å². The van der Waals surface area contributed by atoms with Gasteiger partial charge in [0, 0.05) is 0 Å². The number of piperazine rings is 1. The second kappa shape index (κ2) is 8.21. The maximum absolute atomic E-state index is 5.54. The summed E-state index contributed by atoms with van der Waals surface area (Å²) < 4.78 is 10.9. The summed E-state index contributed by atoms with van der Waals surface area (Å²) in [6, 6.07) is 7.06. The number of ether oxygens (including phenoxy) is 2. The van der Waals surface area contributed by atoms with Crippen molar-refractivity contribution in [1.82, 2.24) is 0 Å². The first-order valence-electron chi connectivity index (χ1n) is 9.58. The second-order valence-corrected chi connectivity index (χ2v) is 7.72. The summed E-state index contributed by atoms with van der Waals surface area (Å²) in [5, 5.41) is 0. The molecule has 1 aromatic carbocycles. The Balaban J connectivity index is 1.54. The molecule has 1 aromatic rings. The predicted octanol–water partition coefficient (Wildman–Crippen LogP) is 0.566. The van der Waals surface area contributed by atoms with Crippen LogP contribution in [0.1, 0.15) is 38.2 Å². The molecule has 1 heterocycles. The number of quaternary nitrogens is 2. The number of hydrogen-bond donors (Lipinski definition) is 2. The van der Waals surface area contributed by atoms with Gasteiger partial charge in [-0.2, -0.15) is 0 Å². The zero-order chi connectivity index (χ0) is 16.9. The maximum atomic E-state index is 5.54. The Morgan fingerprint density at radius 3 is 2.29 bits per heavy atom. The summed E-state index contributed by atoms with van der Waals surface area (Å²) in [6.07, 6.45) is 5.75. The van der Waals surface area contributed by atoms with Gasteiger partial charge < -0.3 is 19.3 Å². The first kappa shape index (κ1) is 17.6. The molecule has 134 valence electrons. The number of rotatable bonds is 5. The van der Waals surface area contributed by atoms with E-state index < -0.39 is 0 Å². The third-order valence-electron chi connectivity index (χ3n) is 6.12. The minimum Gasteiger partial charge on any atom is -0.497 e. The van der Waals surface area contributed by atoms with Crippen molar-refractivity contribution in [1.29, 1.82) is 0 Å². The van der Waals surface area contributed by atoms with E-state index in [1.165, 1.54) is 57.4 Å². The highest BCUT2D eigenvalue weighted by Crippen LogP contribution is 2.23. The maximum Gasteiger partial charge on any atom is 0.127 e. The molecule has 1 aliphatic heterocycles. The molecule has 2 aliphatic rings. The molecule has 1 saturated heterocycles. The van der Waals surface area contributed by atoms with Gasteiger partial charge in [0.05, 0.1) is 25.8 Å². The first-order chi connectivity index (χ1) is 11.7. The van der Waals surface area contributed by atoms with Crippen LogP contribution < -0.4 is 19.3 Å². The van der Waals surface area contributed by atoms with Crippen molar-refractivity contribution in [2.75, 3.05) is 40.4 Å². The lowest BCUT2D eigenvalue weighted by Crippen LogP contribution is -3.29. The van der Waals surface area contributed by atoms with Crippen LogP contribution in [-0.4, -0.2) is 46.4 Å². The minimum absolute atomic E-state index is 0.922. The lowest BCUT2D eigenvalue weighted by Gasteiger charge is -2.37. The van der Waals surface area contributed by atoms with Crippen molar-refractivity contribution < 1.29 is 19.3 Å². The lowest BCUT2D eigenvalue weighted by atomic mass is 9.86. The minimum atomic E-state index is 0.922. The van der Waals surface area contributed by atoms with Gasteiger partial charge in [0.1, 0.15) is 44.2 Å². The van der Waals surface area contributed by atoms with Crippen LogP contribution in [-0.2, 0) is 6.54 Å². The third kappa shape index (κ3) is 4.22. The van der Waals surface area contributed by atoms with E-state index in [2.05, 4.69) is 13.0 Å². The summed E-state index contributed by atoms with van der Waals surface area (Å²) in [5.74, 6) is 2.86. The lowest BCUT2D eigenvalue weighted by molar-refractivity contribution is -1.03. The van der Waals surface area contributed by atoms with Crippen molar-refractivity contribution in [3.63, 3.8) is 0 Å². The molecule has 2 N–H and O–H groups in total. The van der Waals surface area contributed by atoms with E-state index in [4.69, 9.17) is 9.47 Å². The van der Waals surface area contributed by atoms with Crippen LogP contribution in [0.3, 0.4) is 0 Å². The highest BCUT2D eigenvalue weighted by atomic mass is 16.5. The van der Waals surface area contributed by atoms with Gasteiger partial charge in [0.15, 0.2) is 0 Å². The highest BCUT2D eigenvalue weighted by molar-refractivity contribution is 5.39. The van der Waals surface area contributed by atoms with E-state index in [1.54, 1.807) is 19.1 Å². The normalized spacial score (nSPS) is 30.8. The molecule has 0 bridgehead atoms. The zero-order valence-electron chi connectivity index (χ0n) is 15.6. The fraction of sp³-hybridized carbons (Fsp3) is 0.700. The van der Waals surface area contributed by atoms with Crippen LogP contribution in [0.5, 0.6) is 11.5 Å². The second-order valence-electron chi connectivity index (χ2n) is 7.72. The van der Waals surface area contributed by atoms with E-state index in [9.17, 15) is 0 Å². The summed E-state index contributed by atoms with van der Waals surface area (Å²) in [6.45, 7) is 8.62. The molecule has 3 rings (SSSR count). The Hall–Kier alpha value is -1.26. The molecule has 0 radical (unpaired) electrons. The van der Waals surface area contributed by atoms with Crippen molar-refractivity contribution in [2.24, 2.45) is 5.92 Å². The van der Waals surface area contributed by atoms with Gasteiger partial charge in [-0.3, -0.25) is 0 Å². The van der Waals surface area contributed by atoms with Crippen LogP contribution in [0.2, 0.25) is 0 Å². The molecule has 1 aliphatic carbocycles. The summed E-state index contributed by atoms with van der Waals surface area (Å²) in [7, 11) is 3.48. The van der Waals surface area contributed by atoms with Gasteiger partial charge in [-0.05, 0) is 49.8 Å². The van der Waals surface area contributed by atoms with E-state index >= 15 is 0 Å². The van der Waals surface area contributed by atoms with Crippen molar-refractivity contribution in [3.8, 4) is 11.5 Å². The summed E-state index contributed by atoms with van der Waals surface area (Å²) in [5.41, 5.74) is 1.27. The average Bonchev–Trinajstić information content (AvgIpc) is 2.63. The van der Waals surface area contributed by atoms with Gasteiger partial charge in [0.2, 0.25) is 0 Å². The molecule has 0 amide bonds. The van der Waals surface area contributed by atoms with Gasteiger partial charge in [0.25, 0.3) is 0 Å². The molecule has 0 atom stereocenters. The average molecular weight is 335 g/mol. The number of hydrogen-bond acceptors (Lipinski definition) is 2. The Morgan fingerprint density at radius 2 is 1.67 bits per heavy atom. The van der Waals surface area contributed by atoms with Crippen LogP contribution in [0.25, 0.3) is 0 Å². The smallest absolute Gasteiger partial charge is 0.127 e. The van der Waals surface area contributed by atoms with Crippen LogP contribution in [0.15, 0.2) is 18.2 Å². The topological polar surface area (TPSA) is 27.3 Å².